The fourth-order valence-electron chi connectivity index (χ4n) is 4.19. The number of amides is 1. The molecule has 0 aromatic heterocycles. The van der Waals surface area contributed by atoms with Gasteiger partial charge < -0.3 is 9.80 Å². The van der Waals surface area contributed by atoms with Crippen molar-refractivity contribution >= 4 is 11.6 Å². The second kappa shape index (κ2) is 8.05. The number of hydrogen-bond acceptors (Lipinski definition) is 4. The summed E-state index contributed by atoms with van der Waals surface area (Å²) in [4.78, 5) is 18.8. The number of anilines is 1. The van der Waals surface area contributed by atoms with Crippen molar-refractivity contribution in [2.45, 2.75) is 20.3 Å². The van der Waals surface area contributed by atoms with Gasteiger partial charge in [-0.3, -0.25) is 9.69 Å². The summed E-state index contributed by atoms with van der Waals surface area (Å²) < 4.78 is 13.8. The summed E-state index contributed by atoms with van der Waals surface area (Å²) >= 11 is 0. The van der Waals surface area contributed by atoms with Crippen LogP contribution < -0.4 is 4.90 Å². The Morgan fingerprint density at radius 2 is 1.85 bits per heavy atom. The van der Waals surface area contributed by atoms with Crippen LogP contribution in [0.5, 0.6) is 0 Å². The lowest BCUT2D eigenvalue weighted by Gasteiger charge is -2.39. The maximum absolute atomic E-state index is 13.8. The van der Waals surface area contributed by atoms with Gasteiger partial charge in [-0.1, -0.05) is 19.9 Å². The Balaban J connectivity index is 1.55. The number of carbonyl (C=O) groups is 1. The largest absolute Gasteiger partial charge is 0.368 e. The van der Waals surface area contributed by atoms with Crippen LogP contribution in [-0.2, 0) is 4.79 Å². The highest BCUT2D eigenvalue weighted by molar-refractivity contribution is 5.78. The lowest BCUT2D eigenvalue weighted by molar-refractivity contribution is -0.135. The van der Waals surface area contributed by atoms with Gasteiger partial charge in [0, 0.05) is 39.3 Å². The molecule has 140 valence electrons. The van der Waals surface area contributed by atoms with E-state index in [1.807, 2.05) is 15.9 Å². The first-order chi connectivity index (χ1) is 12.5. The molecule has 1 amide bonds. The normalized spacial score (nSPS) is 24.4. The quantitative estimate of drug-likeness (QED) is 0.832. The fraction of sp³-hybridized carbons (Fsp3) is 0.600. The molecule has 0 saturated carbocycles. The van der Waals surface area contributed by atoms with Gasteiger partial charge in [0.05, 0.1) is 12.2 Å². The number of hydrogen-bond donors (Lipinski definition) is 0. The number of carbonyl (C=O) groups excluding carboxylic acids is 1. The molecule has 0 spiro atoms. The average Bonchev–Trinajstić information content (AvgIpc) is 2.61. The topological polar surface area (TPSA) is 50.6 Å². The highest BCUT2D eigenvalue weighted by atomic mass is 19.1. The molecule has 2 aliphatic heterocycles. The molecule has 0 radical (unpaired) electrons. The van der Waals surface area contributed by atoms with Crippen molar-refractivity contribution in [1.29, 1.82) is 5.26 Å². The van der Waals surface area contributed by atoms with Crippen LogP contribution in [0.2, 0.25) is 0 Å². The summed E-state index contributed by atoms with van der Waals surface area (Å²) in [7, 11) is 0. The van der Waals surface area contributed by atoms with Gasteiger partial charge in [-0.05, 0) is 30.4 Å². The molecule has 0 bridgehead atoms. The number of halogens is 1. The van der Waals surface area contributed by atoms with Gasteiger partial charge >= 0.3 is 0 Å². The van der Waals surface area contributed by atoms with Crippen molar-refractivity contribution in [3.8, 4) is 6.07 Å². The number of nitrogens with zero attached hydrogens (tertiary/aromatic N) is 4. The predicted octanol–water partition coefficient (Wildman–Crippen LogP) is 2.32. The standard InChI is InChI=1S/C20H27FN4O/c1-15-10-16(2)13-25(12-15)20(26)14-23-6-8-24(9-7-23)19-5-3-4-18(21)17(19)11-22/h3-5,15-16H,6-10,12-14H2,1-2H3. The molecule has 26 heavy (non-hydrogen) atoms. The van der Waals surface area contributed by atoms with E-state index in [1.165, 1.54) is 12.5 Å². The monoisotopic (exact) mass is 358 g/mol. The number of rotatable bonds is 3. The maximum Gasteiger partial charge on any atom is 0.236 e. The molecule has 5 nitrogen and oxygen atoms in total. The minimum atomic E-state index is -0.476. The summed E-state index contributed by atoms with van der Waals surface area (Å²) in [5.74, 6) is 0.866. The van der Waals surface area contributed by atoms with E-state index in [9.17, 15) is 14.4 Å². The van der Waals surface area contributed by atoms with Crippen LogP contribution in [0.4, 0.5) is 10.1 Å². The maximum atomic E-state index is 13.8. The minimum Gasteiger partial charge on any atom is -0.368 e. The average molecular weight is 358 g/mol. The van der Waals surface area contributed by atoms with Crippen molar-refractivity contribution in [3.63, 3.8) is 0 Å². The molecule has 1 aromatic carbocycles. The summed E-state index contributed by atoms with van der Waals surface area (Å²) in [6, 6.07) is 6.71. The van der Waals surface area contributed by atoms with E-state index >= 15 is 0 Å². The van der Waals surface area contributed by atoms with Gasteiger partial charge in [0.1, 0.15) is 17.4 Å². The van der Waals surface area contributed by atoms with Crippen LogP contribution in [0, 0.1) is 29.0 Å². The summed E-state index contributed by atoms with van der Waals surface area (Å²) in [5, 5.41) is 9.21. The van der Waals surface area contributed by atoms with E-state index < -0.39 is 5.82 Å². The molecular formula is C20H27FN4O. The second-order valence-corrected chi connectivity index (χ2v) is 7.75. The van der Waals surface area contributed by atoms with Crippen molar-refractivity contribution in [3.05, 3.63) is 29.6 Å². The molecule has 2 aliphatic rings. The van der Waals surface area contributed by atoms with E-state index in [-0.39, 0.29) is 11.5 Å². The smallest absolute Gasteiger partial charge is 0.236 e. The van der Waals surface area contributed by atoms with Crippen molar-refractivity contribution in [1.82, 2.24) is 9.80 Å². The lowest BCUT2D eigenvalue weighted by atomic mass is 9.92. The number of nitriles is 1. The number of piperazine rings is 1. The van der Waals surface area contributed by atoms with Gasteiger partial charge in [-0.15, -0.1) is 0 Å². The van der Waals surface area contributed by atoms with Crippen LogP contribution in [0.25, 0.3) is 0 Å². The Bertz CT molecular complexity index is 684. The first-order valence-corrected chi connectivity index (χ1v) is 9.41. The number of benzene rings is 1. The van der Waals surface area contributed by atoms with Gasteiger partial charge in [0.15, 0.2) is 0 Å². The molecule has 2 saturated heterocycles. The zero-order chi connectivity index (χ0) is 18.7. The zero-order valence-electron chi connectivity index (χ0n) is 15.6. The van der Waals surface area contributed by atoms with Crippen LogP contribution in [0.1, 0.15) is 25.8 Å². The van der Waals surface area contributed by atoms with Crippen LogP contribution >= 0.6 is 0 Å². The number of piperidine rings is 1. The first kappa shape index (κ1) is 18.7. The Labute approximate surface area is 155 Å². The third-order valence-electron chi connectivity index (χ3n) is 5.40. The van der Waals surface area contributed by atoms with E-state index in [0.29, 0.717) is 37.2 Å². The van der Waals surface area contributed by atoms with Crippen molar-refractivity contribution < 1.29 is 9.18 Å². The summed E-state index contributed by atoms with van der Waals surface area (Å²) in [6.07, 6.45) is 1.19. The highest BCUT2D eigenvalue weighted by Gasteiger charge is 2.28. The molecule has 2 heterocycles. The Morgan fingerprint density at radius 3 is 2.46 bits per heavy atom. The van der Waals surface area contributed by atoms with Gasteiger partial charge in [-0.25, -0.2) is 4.39 Å². The third-order valence-corrected chi connectivity index (χ3v) is 5.40. The molecule has 0 N–H and O–H groups in total. The molecule has 6 heteroatoms. The van der Waals surface area contributed by atoms with Crippen molar-refractivity contribution in [2.24, 2.45) is 11.8 Å². The van der Waals surface area contributed by atoms with E-state index in [0.717, 1.165) is 26.2 Å². The first-order valence-electron chi connectivity index (χ1n) is 9.41. The van der Waals surface area contributed by atoms with Crippen LogP contribution in [0.3, 0.4) is 0 Å². The second-order valence-electron chi connectivity index (χ2n) is 7.75. The minimum absolute atomic E-state index is 0.105. The van der Waals surface area contributed by atoms with Crippen molar-refractivity contribution in [2.75, 3.05) is 50.7 Å². The Hall–Kier alpha value is -2.13. The third kappa shape index (κ3) is 4.16. The SMILES string of the molecule is CC1CC(C)CN(C(=O)CN2CCN(c3cccc(F)c3C#N)CC2)C1. The van der Waals surface area contributed by atoms with E-state index in [4.69, 9.17) is 0 Å². The zero-order valence-corrected chi connectivity index (χ0v) is 15.6. The molecule has 2 fully saturated rings. The predicted molar refractivity (Wildman–Crippen MR) is 99.3 cm³/mol. The van der Waals surface area contributed by atoms with Gasteiger partial charge in [0.2, 0.25) is 5.91 Å². The molecule has 3 rings (SSSR count). The van der Waals surface area contributed by atoms with Gasteiger partial charge in [-0.2, -0.15) is 5.26 Å². The Morgan fingerprint density at radius 1 is 1.19 bits per heavy atom. The molecule has 2 unspecified atom stereocenters. The summed E-state index contributed by atoms with van der Waals surface area (Å²) in [5.41, 5.74) is 0.755. The van der Waals surface area contributed by atoms with Gasteiger partial charge in [0.25, 0.3) is 0 Å². The number of likely N-dealkylation sites (tertiary alicyclic amines) is 1. The molecule has 1 aromatic rings. The van der Waals surface area contributed by atoms with Crippen LogP contribution in [0.15, 0.2) is 18.2 Å². The Kier molecular flexibility index (Phi) is 5.77. The molecular weight excluding hydrogens is 331 g/mol. The van der Waals surface area contributed by atoms with E-state index in [2.05, 4.69) is 18.7 Å². The van der Waals surface area contributed by atoms with E-state index in [1.54, 1.807) is 12.1 Å². The fourth-order valence-corrected chi connectivity index (χ4v) is 4.19. The lowest BCUT2D eigenvalue weighted by Crippen LogP contribution is -2.52. The van der Waals surface area contributed by atoms with Crippen LogP contribution in [-0.4, -0.2) is 61.5 Å². The molecule has 2 atom stereocenters. The molecule has 0 aliphatic carbocycles. The summed E-state index contributed by atoms with van der Waals surface area (Å²) in [6.45, 7) is 9.45. The highest BCUT2D eigenvalue weighted by Crippen LogP contribution is 2.24.